The van der Waals surface area contributed by atoms with Gasteiger partial charge >= 0.3 is 12.0 Å². The molecule has 0 radical (unpaired) electrons. The van der Waals surface area contributed by atoms with Gasteiger partial charge < -0.3 is 10.1 Å². The number of carbonyl (C=O) groups excluding carboxylic acids is 2. The SMILES string of the molecule is CCOC(=O)CNC(=O)N(C)c1ccc(C)cc1C. The first-order valence-corrected chi connectivity index (χ1v) is 6.20. The van der Waals surface area contributed by atoms with Crippen LogP contribution in [-0.2, 0) is 9.53 Å². The van der Waals surface area contributed by atoms with E-state index < -0.39 is 5.97 Å². The Morgan fingerprint density at radius 1 is 1.32 bits per heavy atom. The predicted molar refractivity (Wildman–Crippen MR) is 74.4 cm³/mol. The Morgan fingerprint density at radius 2 is 2.00 bits per heavy atom. The van der Waals surface area contributed by atoms with Crippen molar-refractivity contribution in [1.29, 1.82) is 0 Å². The van der Waals surface area contributed by atoms with E-state index >= 15 is 0 Å². The minimum Gasteiger partial charge on any atom is -0.465 e. The maximum absolute atomic E-state index is 11.9. The summed E-state index contributed by atoms with van der Waals surface area (Å²) < 4.78 is 4.75. The molecule has 0 aliphatic heterocycles. The number of hydrogen-bond acceptors (Lipinski definition) is 3. The smallest absolute Gasteiger partial charge is 0.325 e. The number of esters is 1. The van der Waals surface area contributed by atoms with Crippen LogP contribution in [0.15, 0.2) is 18.2 Å². The Morgan fingerprint density at radius 3 is 2.58 bits per heavy atom. The third-order valence-corrected chi connectivity index (χ3v) is 2.71. The van der Waals surface area contributed by atoms with Crippen molar-refractivity contribution in [2.45, 2.75) is 20.8 Å². The summed E-state index contributed by atoms with van der Waals surface area (Å²) in [6.45, 7) is 5.85. The van der Waals surface area contributed by atoms with E-state index in [0.29, 0.717) is 6.61 Å². The molecule has 0 saturated heterocycles. The summed E-state index contributed by atoms with van der Waals surface area (Å²) in [5.74, 6) is -0.440. The number of benzene rings is 1. The van der Waals surface area contributed by atoms with E-state index in [2.05, 4.69) is 5.32 Å². The van der Waals surface area contributed by atoms with E-state index in [1.54, 1.807) is 14.0 Å². The number of nitrogens with one attached hydrogen (secondary N) is 1. The average molecular weight is 264 g/mol. The van der Waals surface area contributed by atoms with Gasteiger partial charge in [-0.3, -0.25) is 9.69 Å². The van der Waals surface area contributed by atoms with Gasteiger partial charge in [0.05, 0.1) is 6.61 Å². The highest BCUT2D eigenvalue weighted by Gasteiger charge is 2.14. The summed E-state index contributed by atoms with van der Waals surface area (Å²) in [7, 11) is 1.66. The van der Waals surface area contributed by atoms with E-state index in [-0.39, 0.29) is 12.6 Å². The van der Waals surface area contributed by atoms with Gasteiger partial charge in [-0.05, 0) is 32.4 Å². The molecule has 0 aromatic heterocycles. The molecule has 5 nitrogen and oxygen atoms in total. The molecule has 1 rings (SSSR count). The van der Waals surface area contributed by atoms with Crippen LogP contribution in [0.5, 0.6) is 0 Å². The zero-order valence-electron chi connectivity index (χ0n) is 11.8. The molecule has 0 aliphatic rings. The lowest BCUT2D eigenvalue weighted by Crippen LogP contribution is -2.40. The fourth-order valence-corrected chi connectivity index (χ4v) is 1.77. The van der Waals surface area contributed by atoms with Gasteiger partial charge in [-0.1, -0.05) is 17.7 Å². The molecule has 19 heavy (non-hydrogen) atoms. The number of amides is 2. The predicted octanol–water partition coefficient (Wildman–Crippen LogP) is 2.01. The van der Waals surface area contributed by atoms with E-state index in [1.165, 1.54) is 4.90 Å². The van der Waals surface area contributed by atoms with Gasteiger partial charge in [0.15, 0.2) is 0 Å². The molecule has 0 aliphatic carbocycles. The van der Waals surface area contributed by atoms with Crippen molar-refractivity contribution in [1.82, 2.24) is 5.32 Å². The van der Waals surface area contributed by atoms with Crippen LogP contribution < -0.4 is 10.2 Å². The number of urea groups is 1. The van der Waals surface area contributed by atoms with Crippen molar-refractivity contribution in [3.8, 4) is 0 Å². The molecule has 5 heteroatoms. The van der Waals surface area contributed by atoms with Gasteiger partial charge in [0, 0.05) is 12.7 Å². The second-order valence-electron chi connectivity index (χ2n) is 4.31. The molecule has 0 saturated carbocycles. The van der Waals surface area contributed by atoms with Crippen molar-refractivity contribution in [3.63, 3.8) is 0 Å². The molecule has 1 aromatic rings. The molecule has 0 unspecified atom stereocenters. The normalized spacial score (nSPS) is 9.89. The van der Waals surface area contributed by atoms with Gasteiger partial charge in [-0.25, -0.2) is 4.79 Å². The number of anilines is 1. The lowest BCUT2D eigenvalue weighted by molar-refractivity contribution is -0.141. The molecular weight excluding hydrogens is 244 g/mol. The van der Waals surface area contributed by atoms with Crippen molar-refractivity contribution in [2.24, 2.45) is 0 Å². The van der Waals surface area contributed by atoms with Crippen molar-refractivity contribution >= 4 is 17.7 Å². The van der Waals surface area contributed by atoms with Gasteiger partial charge in [-0.15, -0.1) is 0 Å². The average Bonchev–Trinajstić information content (AvgIpc) is 2.35. The highest BCUT2D eigenvalue weighted by Crippen LogP contribution is 2.19. The second-order valence-corrected chi connectivity index (χ2v) is 4.31. The molecule has 104 valence electrons. The van der Waals surface area contributed by atoms with Crippen LogP contribution in [0.3, 0.4) is 0 Å². The molecule has 1 N–H and O–H groups in total. The minimum atomic E-state index is -0.440. The lowest BCUT2D eigenvalue weighted by atomic mass is 10.1. The van der Waals surface area contributed by atoms with Crippen LogP contribution in [0.25, 0.3) is 0 Å². The van der Waals surface area contributed by atoms with Gasteiger partial charge in [0.25, 0.3) is 0 Å². The third-order valence-electron chi connectivity index (χ3n) is 2.71. The van der Waals surface area contributed by atoms with E-state index in [4.69, 9.17) is 4.74 Å². The van der Waals surface area contributed by atoms with Crippen LogP contribution >= 0.6 is 0 Å². The minimum absolute atomic E-state index is 0.123. The van der Waals surface area contributed by atoms with Crippen LogP contribution in [0.2, 0.25) is 0 Å². The van der Waals surface area contributed by atoms with E-state index in [0.717, 1.165) is 16.8 Å². The zero-order chi connectivity index (χ0) is 14.4. The summed E-state index contributed by atoms with van der Waals surface area (Å²) >= 11 is 0. The quantitative estimate of drug-likeness (QED) is 0.846. The maximum atomic E-state index is 11.9. The number of hydrogen-bond donors (Lipinski definition) is 1. The fourth-order valence-electron chi connectivity index (χ4n) is 1.77. The lowest BCUT2D eigenvalue weighted by Gasteiger charge is -2.20. The van der Waals surface area contributed by atoms with Crippen molar-refractivity contribution in [3.05, 3.63) is 29.3 Å². The van der Waals surface area contributed by atoms with Crippen LogP contribution in [0, 0.1) is 13.8 Å². The molecular formula is C14H20N2O3. The topological polar surface area (TPSA) is 58.6 Å². The molecule has 1 aromatic carbocycles. The molecule has 0 spiro atoms. The van der Waals surface area contributed by atoms with Crippen LogP contribution in [0.1, 0.15) is 18.1 Å². The third kappa shape index (κ3) is 4.28. The molecule has 0 atom stereocenters. The van der Waals surface area contributed by atoms with Crippen molar-refractivity contribution in [2.75, 3.05) is 25.1 Å². The fraction of sp³-hybridized carbons (Fsp3) is 0.429. The van der Waals surface area contributed by atoms with E-state index in [9.17, 15) is 9.59 Å². The van der Waals surface area contributed by atoms with Crippen LogP contribution in [0.4, 0.5) is 10.5 Å². The largest absolute Gasteiger partial charge is 0.465 e. The first kappa shape index (κ1) is 15.0. The Balaban J connectivity index is 2.64. The maximum Gasteiger partial charge on any atom is 0.325 e. The summed E-state index contributed by atoms with van der Waals surface area (Å²) in [4.78, 5) is 24.5. The zero-order valence-corrected chi connectivity index (χ0v) is 11.8. The summed E-state index contributed by atoms with van der Waals surface area (Å²) in [5, 5.41) is 2.52. The first-order valence-electron chi connectivity index (χ1n) is 6.20. The van der Waals surface area contributed by atoms with Crippen molar-refractivity contribution < 1.29 is 14.3 Å². The van der Waals surface area contributed by atoms with Crippen LogP contribution in [-0.4, -0.2) is 32.2 Å². The molecule has 2 amide bonds. The number of ether oxygens (including phenoxy) is 1. The number of rotatable bonds is 4. The van der Waals surface area contributed by atoms with E-state index in [1.807, 2.05) is 32.0 Å². The summed E-state index contributed by atoms with van der Waals surface area (Å²) in [6, 6.07) is 5.50. The highest BCUT2D eigenvalue weighted by atomic mass is 16.5. The second kappa shape index (κ2) is 6.78. The Hall–Kier alpha value is -2.04. The molecule has 0 heterocycles. The first-order chi connectivity index (χ1) is 8.95. The van der Waals surface area contributed by atoms with Gasteiger partial charge in [0.2, 0.25) is 0 Å². The Labute approximate surface area is 113 Å². The number of carbonyl (C=O) groups is 2. The number of nitrogens with zero attached hydrogens (tertiary/aromatic N) is 1. The summed E-state index contributed by atoms with van der Waals surface area (Å²) in [6.07, 6.45) is 0. The Kier molecular flexibility index (Phi) is 5.36. The Bertz CT molecular complexity index is 472. The van der Waals surface area contributed by atoms with Gasteiger partial charge in [-0.2, -0.15) is 0 Å². The van der Waals surface area contributed by atoms with Gasteiger partial charge in [0.1, 0.15) is 6.54 Å². The summed E-state index contributed by atoms with van der Waals surface area (Å²) in [5.41, 5.74) is 2.96. The number of aryl methyl sites for hydroxylation is 2. The highest BCUT2D eigenvalue weighted by molar-refractivity contribution is 5.93. The molecule has 0 fully saturated rings. The molecule has 0 bridgehead atoms. The monoisotopic (exact) mass is 264 g/mol. The standard InChI is InChI=1S/C14H20N2O3/c1-5-19-13(17)9-15-14(18)16(4)12-7-6-10(2)8-11(12)3/h6-8H,5,9H2,1-4H3,(H,15,18).